The van der Waals surface area contributed by atoms with Gasteiger partial charge in [0.25, 0.3) is 0 Å². The summed E-state index contributed by atoms with van der Waals surface area (Å²) < 4.78 is 0. The lowest BCUT2D eigenvalue weighted by molar-refractivity contribution is -0.117. The van der Waals surface area contributed by atoms with Crippen LogP contribution in [0.4, 0.5) is 0 Å². The summed E-state index contributed by atoms with van der Waals surface area (Å²) >= 11 is 0. The summed E-state index contributed by atoms with van der Waals surface area (Å²) in [7, 11) is 0. The molecule has 0 saturated carbocycles. The van der Waals surface area contributed by atoms with Crippen molar-refractivity contribution in [3.8, 4) is 0 Å². The Morgan fingerprint density at radius 2 is 1.93 bits per heavy atom. The number of aryl methyl sites for hydroxylation is 1. The van der Waals surface area contributed by atoms with E-state index in [-0.39, 0.29) is 11.3 Å². The van der Waals surface area contributed by atoms with Crippen LogP contribution in [0.2, 0.25) is 0 Å². The van der Waals surface area contributed by atoms with Gasteiger partial charge in [0.15, 0.2) is 0 Å². The second-order valence-electron chi connectivity index (χ2n) is 5.03. The van der Waals surface area contributed by atoms with Crippen molar-refractivity contribution in [3.63, 3.8) is 0 Å². The van der Waals surface area contributed by atoms with Crippen molar-refractivity contribution in [2.75, 3.05) is 0 Å². The molecule has 1 aromatic carbocycles. The van der Waals surface area contributed by atoms with E-state index in [9.17, 15) is 4.79 Å². The first-order chi connectivity index (χ1) is 6.80. The molecule has 82 valence electrons. The van der Waals surface area contributed by atoms with Crippen molar-refractivity contribution in [3.05, 3.63) is 34.9 Å². The fourth-order valence-corrected chi connectivity index (χ4v) is 1.52. The first-order valence-corrected chi connectivity index (χ1v) is 5.19. The average Bonchev–Trinajstić information content (AvgIpc) is 2.06. The van der Waals surface area contributed by atoms with Gasteiger partial charge in [-0.05, 0) is 29.0 Å². The number of hydrogen-bond acceptors (Lipinski definition) is 1. The molecule has 0 heterocycles. The minimum absolute atomic E-state index is 0.111. The molecule has 15 heavy (non-hydrogen) atoms. The van der Waals surface area contributed by atoms with Gasteiger partial charge < -0.3 is 5.73 Å². The maximum absolute atomic E-state index is 10.9. The third-order valence-electron chi connectivity index (χ3n) is 2.58. The Morgan fingerprint density at radius 3 is 2.40 bits per heavy atom. The predicted octanol–water partition coefficient (Wildman–Crippen LogP) is 2.32. The topological polar surface area (TPSA) is 43.1 Å². The van der Waals surface area contributed by atoms with E-state index >= 15 is 0 Å². The van der Waals surface area contributed by atoms with Gasteiger partial charge in [0.1, 0.15) is 0 Å². The highest BCUT2D eigenvalue weighted by molar-refractivity contribution is 5.77. The van der Waals surface area contributed by atoms with Gasteiger partial charge in [0, 0.05) is 0 Å². The van der Waals surface area contributed by atoms with Crippen molar-refractivity contribution in [1.82, 2.24) is 0 Å². The van der Waals surface area contributed by atoms with Crippen LogP contribution in [-0.4, -0.2) is 5.91 Å². The second kappa shape index (κ2) is 4.05. The van der Waals surface area contributed by atoms with Crippen molar-refractivity contribution in [2.45, 2.75) is 39.5 Å². The summed E-state index contributed by atoms with van der Waals surface area (Å²) in [5, 5.41) is 0. The molecule has 1 aromatic rings. The molecule has 0 aliphatic heterocycles. The van der Waals surface area contributed by atoms with Gasteiger partial charge in [-0.15, -0.1) is 0 Å². The average molecular weight is 205 g/mol. The zero-order valence-electron chi connectivity index (χ0n) is 9.92. The molecular weight excluding hydrogens is 186 g/mol. The predicted molar refractivity (Wildman–Crippen MR) is 62.8 cm³/mol. The van der Waals surface area contributed by atoms with Crippen LogP contribution >= 0.6 is 0 Å². The van der Waals surface area contributed by atoms with Crippen LogP contribution < -0.4 is 5.73 Å². The normalized spacial score (nSPS) is 11.5. The molecule has 0 spiro atoms. The zero-order chi connectivity index (χ0) is 11.6. The van der Waals surface area contributed by atoms with Gasteiger partial charge in [0.05, 0.1) is 6.42 Å². The highest BCUT2D eigenvalue weighted by atomic mass is 16.1. The summed E-state index contributed by atoms with van der Waals surface area (Å²) in [6.07, 6.45) is 0.329. The zero-order valence-corrected chi connectivity index (χ0v) is 9.92. The molecule has 2 N–H and O–H groups in total. The number of amides is 1. The van der Waals surface area contributed by atoms with E-state index in [0.29, 0.717) is 6.42 Å². The standard InChI is InChI=1S/C13H19NO/c1-9-5-6-11(13(2,3)4)7-10(9)8-12(14)15/h5-7H,8H2,1-4H3,(H2,14,15). The minimum atomic E-state index is -0.274. The number of carbonyl (C=O) groups is 1. The highest BCUT2D eigenvalue weighted by Gasteiger charge is 2.15. The molecule has 1 amide bonds. The lowest BCUT2D eigenvalue weighted by Crippen LogP contribution is -2.16. The van der Waals surface area contributed by atoms with E-state index in [2.05, 4.69) is 39.0 Å². The van der Waals surface area contributed by atoms with Gasteiger partial charge in [-0.25, -0.2) is 0 Å². The van der Waals surface area contributed by atoms with E-state index in [1.54, 1.807) is 0 Å². The third kappa shape index (κ3) is 3.08. The van der Waals surface area contributed by atoms with Crippen LogP contribution in [0.1, 0.15) is 37.5 Å². The summed E-state index contributed by atoms with van der Waals surface area (Å²) in [6, 6.07) is 6.25. The quantitative estimate of drug-likeness (QED) is 0.791. The van der Waals surface area contributed by atoms with Gasteiger partial charge in [-0.2, -0.15) is 0 Å². The lowest BCUT2D eigenvalue weighted by atomic mass is 9.85. The molecule has 1 rings (SSSR count). The van der Waals surface area contributed by atoms with E-state index in [0.717, 1.165) is 11.1 Å². The van der Waals surface area contributed by atoms with Crippen molar-refractivity contribution < 1.29 is 4.79 Å². The van der Waals surface area contributed by atoms with Crippen LogP contribution in [0.15, 0.2) is 18.2 Å². The SMILES string of the molecule is Cc1ccc(C(C)(C)C)cc1CC(N)=O. The minimum Gasteiger partial charge on any atom is -0.369 e. The smallest absolute Gasteiger partial charge is 0.221 e. The first kappa shape index (κ1) is 11.8. The van der Waals surface area contributed by atoms with Crippen LogP contribution in [0.3, 0.4) is 0 Å². The molecule has 0 aliphatic rings. The molecule has 2 nitrogen and oxygen atoms in total. The molecular formula is C13H19NO. The molecule has 0 fully saturated rings. The summed E-state index contributed by atoms with van der Waals surface area (Å²) in [5.41, 5.74) is 8.73. The third-order valence-corrected chi connectivity index (χ3v) is 2.58. The summed E-state index contributed by atoms with van der Waals surface area (Å²) in [6.45, 7) is 8.48. The molecule has 0 aromatic heterocycles. The van der Waals surface area contributed by atoms with Gasteiger partial charge in [0.2, 0.25) is 5.91 Å². The number of rotatable bonds is 2. The van der Waals surface area contributed by atoms with Crippen LogP contribution in [-0.2, 0) is 16.6 Å². The number of benzene rings is 1. The molecule has 0 unspecified atom stereocenters. The number of nitrogens with two attached hydrogens (primary N) is 1. The van der Waals surface area contributed by atoms with Crippen LogP contribution in [0.25, 0.3) is 0 Å². The molecule has 0 atom stereocenters. The van der Waals surface area contributed by atoms with Crippen molar-refractivity contribution in [2.24, 2.45) is 5.73 Å². The van der Waals surface area contributed by atoms with E-state index in [4.69, 9.17) is 5.73 Å². The molecule has 2 heteroatoms. The van der Waals surface area contributed by atoms with E-state index < -0.39 is 0 Å². The Balaban J connectivity index is 3.11. The lowest BCUT2D eigenvalue weighted by Gasteiger charge is -2.20. The summed E-state index contributed by atoms with van der Waals surface area (Å²) in [4.78, 5) is 10.9. The Bertz CT molecular complexity index is 375. The Labute approximate surface area is 91.5 Å². The molecule has 0 aliphatic carbocycles. The van der Waals surface area contributed by atoms with Crippen molar-refractivity contribution >= 4 is 5.91 Å². The first-order valence-electron chi connectivity index (χ1n) is 5.19. The summed E-state index contributed by atoms with van der Waals surface area (Å²) in [5.74, 6) is -0.274. The van der Waals surface area contributed by atoms with Crippen LogP contribution in [0, 0.1) is 6.92 Å². The monoisotopic (exact) mass is 205 g/mol. The Hall–Kier alpha value is -1.31. The van der Waals surface area contributed by atoms with E-state index in [1.807, 2.05) is 6.92 Å². The van der Waals surface area contributed by atoms with Crippen molar-refractivity contribution in [1.29, 1.82) is 0 Å². The fourth-order valence-electron chi connectivity index (χ4n) is 1.52. The number of primary amides is 1. The fraction of sp³-hybridized carbons (Fsp3) is 0.462. The second-order valence-corrected chi connectivity index (χ2v) is 5.03. The number of hydrogen-bond donors (Lipinski definition) is 1. The van der Waals surface area contributed by atoms with E-state index in [1.165, 1.54) is 5.56 Å². The molecule has 0 radical (unpaired) electrons. The van der Waals surface area contributed by atoms with Crippen LogP contribution in [0.5, 0.6) is 0 Å². The Kier molecular flexibility index (Phi) is 3.18. The van der Waals surface area contributed by atoms with Gasteiger partial charge in [-0.1, -0.05) is 39.0 Å². The molecule has 0 saturated heterocycles. The largest absolute Gasteiger partial charge is 0.369 e. The number of carbonyl (C=O) groups excluding carboxylic acids is 1. The van der Waals surface area contributed by atoms with Gasteiger partial charge in [-0.3, -0.25) is 4.79 Å². The van der Waals surface area contributed by atoms with Gasteiger partial charge >= 0.3 is 0 Å². The molecule has 0 bridgehead atoms. The Morgan fingerprint density at radius 1 is 1.33 bits per heavy atom. The maximum Gasteiger partial charge on any atom is 0.221 e. The highest BCUT2D eigenvalue weighted by Crippen LogP contribution is 2.24. The maximum atomic E-state index is 10.9.